The molecule has 0 fully saturated rings. The van der Waals surface area contributed by atoms with Gasteiger partial charge in [0.25, 0.3) is 5.91 Å². The molecule has 1 aromatic carbocycles. The zero-order chi connectivity index (χ0) is 21.3. The summed E-state index contributed by atoms with van der Waals surface area (Å²) in [6.07, 6.45) is 9.35. The Morgan fingerprint density at radius 1 is 1.20 bits per heavy atom. The van der Waals surface area contributed by atoms with Crippen LogP contribution < -0.4 is 15.4 Å². The van der Waals surface area contributed by atoms with E-state index in [0.717, 1.165) is 30.7 Å². The van der Waals surface area contributed by atoms with Crippen molar-refractivity contribution in [3.63, 3.8) is 0 Å². The fraction of sp³-hybridized carbons (Fsp3) is 0.500. The average molecular weight is 448 g/mol. The van der Waals surface area contributed by atoms with E-state index in [1.807, 2.05) is 12.3 Å². The van der Waals surface area contributed by atoms with Gasteiger partial charge in [-0.05, 0) is 56.2 Å². The Labute approximate surface area is 186 Å². The van der Waals surface area contributed by atoms with Crippen LogP contribution >= 0.6 is 23.1 Å². The molecular weight excluding hydrogens is 418 g/mol. The number of fused-ring (bicyclic) bond motifs is 1. The molecule has 0 aliphatic heterocycles. The lowest BCUT2D eigenvalue weighted by atomic mass is 10.0. The highest BCUT2D eigenvalue weighted by Crippen LogP contribution is 2.28. The van der Waals surface area contributed by atoms with E-state index in [0.29, 0.717) is 22.9 Å². The monoisotopic (exact) mass is 447 g/mol. The minimum absolute atomic E-state index is 0.228. The van der Waals surface area contributed by atoms with E-state index >= 15 is 0 Å². The van der Waals surface area contributed by atoms with Crippen LogP contribution in [-0.4, -0.2) is 42.0 Å². The van der Waals surface area contributed by atoms with Crippen molar-refractivity contribution in [3.05, 3.63) is 40.4 Å². The normalized spacial score (nSPS) is 14.7. The second-order valence-corrected chi connectivity index (χ2v) is 9.37. The zero-order valence-electron chi connectivity index (χ0n) is 17.5. The number of thiazole rings is 1. The topological polar surface area (TPSA) is 80.3 Å². The largest absolute Gasteiger partial charge is 0.496 e. The highest BCUT2D eigenvalue weighted by atomic mass is 32.2. The van der Waals surface area contributed by atoms with E-state index in [4.69, 9.17) is 4.74 Å². The first-order valence-electron chi connectivity index (χ1n) is 10.3. The van der Waals surface area contributed by atoms with Crippen molar-refractivity contribution in [1.82, 2.24) is 10.3 Å². The molecule has 6 nitrogen and oxygen atoms in total. The average Bonchev–Trinajstić information content (AvgIpc) is 3.11. The summed E-state index contributed by atoms with van der Waals surface area (Å²) in [5.41, 5.74) is 1.54. The van der Waals surface area contributed by atoms with Gasteiger partial charge in [0.2, 0.25) is 5.91 Å². The number of amides is 2. The number of carbonyl (C=O) groups is 2. The van der Waals surface area contributed by atoms with E-state index in [9.17, 15) is 9.59 Å². The summed E-state index contributed by atoms with van der Waals surface area (Å²) >= 11 is 3.21. The van der Waals surface area contributed by atoms with Crippen LogP contribution in [-0.2, 0) is 17.6 Å². The number of methoxy groups -OCH3 is 1. The summed E-state index contributed by atoms with van der Waals surface area (Å²) in [7, 11) is 1.53. The smallest absolute Gasteiger partial charge is 0.255 e. The molecule has 1 aromatic heterocycles. The van der Waals surface area contributed by atoms with Crippen molar-refractivity contribution >= 4 is 40.0 Å². The van der Waals surface area contributed by atoms with Gasteiger partial charge in [-0.3, -0.25) is 9.59 Å². The number of hydrogen-bond donors (Lipinski definition) is 2. The molecule has 30 heavy (non-hydrogen) atoms. The SMILES string of the molecule is COc1ccccc1C(=O)NC(CCSC)C(=O)Nc1nc2c(s1)CCCCCC2. The number of anilines is 1. The fourth-order valence-corrected chi connectivity index (χ4v) is 5.05. The van der Waals surface area contributed by atoms with Crippen molar-refractivity contribution < 1.29 is 14.3 Å². The molecule has 2 amide bonds. The molecule has 1 heterocycles. The molecule has 3 rings (SSSR count). The number of ether oxygens (including phenoxy) is 1. The maximum atomic E-state index is 13.0. The van der Waals surface area contributed by atoms with Crippen molar-refractivity contribution in [1.29, 1.82) is 0 Å². The summed E-state index contributed by atoms with van der Waals surface area (Å²) in [6.45, 7) is 0. The number of nitrogens with zero attached hydrogens (tertiary/aromatic N) is 1. The molecule has 0 saturated heterocycles. The van der Waals surface area contributed by atoms with Gasteiger partial charge in [-0.15, -0.1) is 11.3 Å². The second-order valence-electron chi connectivity index (χ2n) is 7.30. The number of benzene rings is 1. The summed E-state index contributed by atoms with van der Waals surface area (Å²) < 4.78 is 5.28. The molecule has 0 saturated carbocycles. The van der Waals surface area contributed by atoms with Gasteiger partial charge in [0, 0.05) is 4.88 Å². The van der Waals surface area contributed by atoms with Gasteiger partial charge in [-0.2, -0.15) is 11.8 Å². The molecule has 2 N–H and O–H groups in total. The van der Waals surface area contributed by atoms with Crippen molar-refractivity contribution in [2.24, 2.45) is 0 Å². The maximum Gasteiger partial charge on any atom is 0.255 e. The van der Waals surface area contributed by atoms with Crippen molar-refractivity contribution in [2.75, 3.05) is 24.4 Å². The number of para-hydroxylation sites is 1. The Bertz CT molecular complexity index is 844. The molecule has 0 bridgehead atoms. The van der Waals surface area contributed by atoms with E-state index in [2.05, 4.69) is 15.6 Å². The van der Waals surface area contributed by atoms with Crippen LogP contribution in [0.4, 0.5) is 5.13 Å². The van der Waals surface area contributed by atoms with Gasteiger partial charge in [-0.25, -0.2) is 4.98 Å². The Morgan fingerprint density at radius 2 is 1.97 bits per heavy atom. The van der Waals surface area contributed by atoms with Crippen LogP contribution in [0.1, 0.15) is 53.0 Å². The van der Waals surface area contributed by atoms with Gasteiger partial charge in [0.05, 0.1) is 18.4 Å². The minimum atomic E-state index is -0.638. The van der Waals surface area contributed by atoms with Crippen molar-refractivity contribution in [2.45, 2.75) is 51.0 Å². The van der Waals surface area contributed by atoms with Crippen LogP contribution in [0.5, 0.6) is 5.75 Å². The molecular formula is C22H29N3O3S2. The molecule has 1 unspecified atom stereocenters. The minimum Gasteiger partial charge on any atom is -0.496 e. The van der Waals surface area contributed by atoms with Crippen LogP contribution in [0, 0.1) is 0 Å². The molecule has 1 atom stereocenters. The molecule has 2 aromatic rings. The van der Waals surface area contributed by atoms with E-state index in [1.54, 1.807) is 41.3 Å². The molecule has 0 radical (unpaired) electrons. The first kappa shape index (κ1) is 22.6. The number of nitrogens with one attached hydrogen (secondary N) is 2. The first-order chi connectivity index (χ1) is 14.6. The lowest BCUT2D eigenvalue weighted by Crippen LogP contribution is -2.44. The number of carbonyl (C=O) groups excluding carboxylic acids is 2. The lowest BCUT2D eigenvalue weighted by Gasteiger charge is -2.18. The van der Waals surface area contributed by atoms with Gasteiger partial charge >= 0.3 is 0 Å². The summed E-state index contributed by atoms with van der Waals surface area (Å²) in [5.74, 6) is 0.700. The highest BCUT2D eigenvalue weighted by Gasteiger charge is 2.24. The number of aryl methyl sites for hydroxylation is 2. The lowest BCUT2D eigenvalue weighted by molar-refractivity contribution is -0.118. The third kappa shape index (κ3) is 5.98. The van der Waals surface area contributed by atoms with Crippen LogP contribution in [0.2, 0.25) is 0 Å². The second kappa shape index (κ2) is 11.4. The Kier molecular flexibility index (Phi) is 8.57. The predicted octanol–water partition coefficient (Wildman–Crippen LogP) is 4.30. The standard InChI is InChI=1S/C22H29N3O3S2/c1-28-18-11-8-7-9-15(18)20(26)23-17(13-14-29-2)21(27)25-22-24-16-10-5-3-4-6-12-19(16)30-22/h7-9,11,17H,3-6,10,12-14H2,1-2H3,(H,23,26)(H,24,25,27). The zero-order valence-corrected chi connectivity index (χ0v) is 19.2. The predicted molar refractivity (Wildman–Crippen MR) is 124 cm³/mol. The molecule has 162 valence electrons. The van der Waals surface area contributed by atoms with Crippen molar-refractivity contribution in [3.8, 4) is 5.75 Å². The van der Waals surface area contributed by atoms with Gasteiger partial charge in [0.15, 0.2) is 5.13 Å². The molecule has 0 spiro atoms. The van der Waals surface area contributed by atoms with Gasteiger partial charge < -0.3 is 15.4 Å². The number of rotatable bonds is 8. The Hall–Kier alpha value is -2.06. The Morgan fingerprint density at radius 3 is 2.73 bits per heavy atom. The Balaban J connectivity index is 1.71. The van der Waals surface area contributed by atoms with Crippen LogP contribution in [0.15, 0.2) is 24.3 Å². The first-order valence-corrected chi connectivity index (χ1v) is 12.6. The maximum absolute atomic E-state index is 13.0. The van der Waals surface area contributed by atoms with Crippen LogP contribution in [0.3, 0.4) is 0 Å². The molecule has 1 aliphatic carbocycles. The molecule has 8 heteroatoms. The summed E-state index contributed by atoms with van der Waals surface area (Å²) in [6, 6.07) is 6.37. The summed E-state index contributed by atoms with van der Waals surface area (Å²) in [5, 5.41) is 6.46. The van der Waals surface area contributed by atoms with E-state index in [-0.39, 0.29) is 11.8 Å². The third-order valence-electron chi connectivity index (χ3n) is 5.16. The van der Waals surface area contributed by atoms with Gasteiger partial charge in [0.1, 0.15) is 11.8 Å². The van der Waals surface area contributed by atoms with Crippen LogP contribution in [0.25, 0.3) is 0 Å². The quantitative estimate of drug-likeness (QED) is 0.631. The third-order valence-corrected chi connectivity index (χ3v) is 6.88. The molecule has 1 aliphatic rings. The fourth-order valence-electron chi connectivity index (χ4n) is 3.52. The number of aromatic nitrogens is 1. The number of thioether (sulfide) groups is 1. The van der Waals surface area contributed by atoms with E-state index in [1.165, 1.54) is 31.2 Å². The van der Waals surface area contributed by atoms with E-state index < -0.39 is 6.04 Å². The number of hydrogen-bond acceptors (Lipinski definition) is 6. The summed E-state index contributed by atoms with van der Waals surface area (Å²) in [4.78, 5) is 31.7. The van der Waals surface area contributed by atoms with Gasteiger partial charge in [-0.1, -0.05) is 25.0 Å². The highest BCUT2D eigenvalue weighted by molar-refractivity contribution is 7.98.